The number of primary amides is 1. The first-order chi connectivity index (χ1) is 8.61. The highest BCUT2D eigenvalue weighted by Crippen LogP contribution is 2.27. The van der Waals surface area contributed by atoms with Crippen molar-refractivity contribution in [3.8, 4) is 5.75 Å². The van der Waals surface area contributed by atoms with E-state index in [1.807, 2.05) is 18.2 Å². The van der Waals surface area contributed by atoms with Crippen LogP contribution < -0.4 is 21.1 Å². The monoisotopic (exact) mass is 250 g/mol. The van der Waals surface area contributed by atoms with Gasteiger partial charge in [0.05, 0.1) is 12.8 Å². The normalized spacial score (nSPS) is 15.6. The smallest absolute Gasteiger partial charge is 0.314 e. The molecule has 0 spiro atoms. The molecular weight excluding hydrogens is 232 g/mol. The molecule has 4 N–H and O–H groups in total. The predicted octanol–water partition coefficient (Wildman–Crippen LogP) is 0.478. The Morgan fingerprint density at radius 3 is 2.50 bits per heavy atom. The van der Waals surface area contributed by atoms with E-state index >= 15 is 0 Å². The number of piperazine rings is 1. The zero-order valence-corrected chi connectivity index (χ0v) is 10.4. The molecule has 1 aromatic rings. The molecule has 6 nitrogen and oxygen atoms in total. The van der Waals surface area contributed by atoms with Crippen LogP contribution in [0.5, 0.6) is 5.75 Å². The van der Waals surface area contributed by atoms with E-state index in [4.69, 9.17) is 16.2 Å². The van der Waals surface area contributed by atoms with Gasteiger partial charge < -0.3 is 26.0 Å². The molecule has 0 unspecified atom stereocenters. The standard InChI is InChI=1S/C12H18N4O2/c1-18-11-8-9(2-3-10(11)13)15-4-6-16(7-5-15)12(14)17/h2-3,8H,4-7,13H2,1H3,(H2,14,17). The third kappa shape index (κ3) is 2.42. The molecule has 1 fully saturated rings. The van der Waals surface area contributed by atoms with Crippen LogP contribution in [0.4, 0.5) is 16.2 Å². The molecule has 0 aliphatic carbocycles. The lowest BCUT2D eigenvalue weighted by atomic mass is 10.2. The van der Waals surface area contributed by atoms with Crippen LogP contribution in [-0.4, -0.2) is 44.2 Å². The van der Waals surface area contributed by atoms with E-state index in [2.05, 4.69) is 4.90 Å². The fraction of sp³-hybridized carbons (Fsp3) is 0.417. The topological polar surface area (TPSA) is 84.8 Å². The van der Waals surface area contributed by atoms with E-state index in [1.165, 1.54) is 0 Å². The lowest BCUT2D eigenvalue weighted by Crippen LogP contribution is -2.50. The number of methoxy groups -OCH3 is 1. The number of carbonyl (C=O) groups excluding carboxylic acids is 1. The molecule has 1 aliphatic heterocycles. The van der Waals surface area contributed by atoms with Crippen molar-refractivity contribution < 1.29 is 9.53 Å². The maximum atomic E-state index is 11.0. The van der Waals surface area contributed by atoms with E-state index in [1.54, 1.807) is 12.0 Å². The molecule has 0 bridgehead atoms. The molecule has 0 radical (unpaired) electrons. The molecule has 1 saturated heterocycles. The van der Waals surface area contributed by atoms with Gasteiger partial charge in [0.1, 0.15) is 5.75 Å². The number of nitrogens with two attached hydrogens (primary N) is 2. The first-order valence-corrected chi connectivity index (χ1v) is 5.84. The molecule has 2 rings (SSSR count). The molecule has 1 aliphatic rings. The number of carbonyl (C=O) groups is 1. The number of hydrogen-bond acceptors (Lipinski definition) is 4. The summed E-state index contributed by atoms with van der Waals surface area (Å²) < 4.78 is 5.20. The Kier molecular flexibility index (Phi) is 3.45. The minimum absolute atomic E-state index is 0.357. The Balaban J connectivity index is 2.07. The Bertz CT molecular complexity index is 442. The van der Waals surface area contributed by atoms with Crippen LogP contribution in [0, 0.1) is 0 Å². The Morgan fingerprint density at radius 1 is 1.28 bits per heavy atom. The molecule has 0 atom stereocenters. The maximum Gasteiger partial charge on any atom is 0.314 e. The second-order valence-corrected chi connectivity index (χ2v) is 4.24. The van der Waals surface area contributed by atoms with Gasteiger partial charge in [-0.25, -0.2) is 4.79 Å². The molecule has 1 heterocycles. The summed E-state index contributed by atoms with van der Waals surface area (Å²) >= 11 is 0. The minimum atomic E-state index is -0.357. The van der Waals surface area contributed by atoms with Gasteiger partial charge in [0.25, 0.3) is 0 Å². The number of anilines is 2. The third-order valence-electron chi connectivity index (χ3n) is 3.17. The zero-order valence-electron chi connectivity index (χ0n) is 10.4. The highest BCUT2D eigenvalue weighted by atomic mass is 16.5. The lowest BCUT2D eigenvalue weighted by molar-refractivity contribution is 0.204. The minimum Gasteiger partial charge on any atom is -0.495 e. The van der Waals surface area contributed by atoms with E-state index in [9.17, 15) is 4.79 Å². The summed E-state index contributed by atoms with van der Waals surface area (Å²) in [6.45, 7) is 2.80. The average molecular weight is 250 g/mol. The van der Waals surface area contributed by atoms with Gasteiger partial charge in [0.2, 0.25) is 0 Å². The molecular formula is C12H18N4O2. The summed E-state index contributed by atoms with van der Waals surface area (Å²) in [6.07, 6.45) is 0. The number of urea groups is 1. The van der Waals surface area contributed by atoms with Gasteiger partial charge in [0.15, 0.2) is 0 Å². The molecule has 2 amide bonds. The fourth-order valence-corrected chi connectivity index (χ4v) is 2.08. The molecule has 0 saturated carbocycles. The second-order valence-electron chi connectivity index (χ2n) is 4.24. The Hall–Kier alpha value is -2.11. The van der Waals surface area contributed by atoms with Crippen LogP contribution in [-0.2, 0) is 0 Å². The van der Waals surface area contributed by atoms with E-state index in [0.29, 0.717) is 24.5 Å². The maximum absolute atomic E-state index is 11.0. The van der Waals surface area contributed by atoms with Gasteiger partial charge in [-0.15, -0.1) is 0 Å². The van der Waals surface area contributed by atoms with Crippen molar-refractivity contribution in [3.05, 3.63) is 18.2 Å². The molecule has 6 heteroatoms. The van der Waals surface area contributed by atoms with E-state index < -0.39 is 0 Å². The van der Waals surface area contributed by atoms with Gasteiger partial charge in [-0.2, -0.15) is 0 Å². The largest absolute Gasteiger partial charge is 0.495 e. The number of rotatable bonds is 2. The molecule has 0 aromatic heterocycles. The summed E-state index contributed by atoms with van der Waals surface area (Å²) in [6, 6.07) is 5.34. The van der Waals surface area contributed by atoms with Crippen LogP contribution in [0.2, 0.25) is 0 Å². The van der Waals surface area contributed by atoms with E-state index in [-0.39, 0.29) is 6.03 Å². The van der Waals surface area contributed by atoms with Crippen molar-refractivity contribution in [2.75, 3.05) is 43.9 Å². The van der Waals surface area contributed by atoms with Crippen LogP contribution in [0.25, 0.3) is 0 Å². The summed E-state index contributed by atoms with van der Waals surface area (Å²) in [5.74, 6) is 0.671. The van der Waals surface area contributed by atoms with Crippen LogP contribution in [0.1, 0.15) is 0 Å². The first-order valence-electron chi connectivity index (χ1n) is 5.84. The summed E-state index contributed by atoms with van der Waals surface area (Å²) in [5, 5.41) is 0. The SMILES string of the molecule is COc1cc(N2CCN(C(N)=O)CC2)ccc1N. The van der Waals surface area contributed by atoms with Crippen LogP contribution >= 0.6 is 0 Å². The summed E-state index contributed by atoms with van der Waals surface area (Å²) in [4.78, 5) is 14.9. The highest BCUT2D eigenvalue weighted by Gasteiger charge is 2.19. The third-order valence-corrected chi connectivity index (χ3v) is 3.17. The highest BCUT2D eigenvalue weighted by molar-refractivity contribution is 5.72. The predicted molar refractivity (Wildman–Crippen MR) is 70.8 cm³/mol. The summed E-state index contributed by atoms with van der Waals surface area (Å²) in [7, 11) is 1.60. The molecule has 98 valence electrons. The number of amides is 2. The van der Waals surface area contributed by atoms with Crippen molar-refractivity contribution in [1.29, 1.82) is 0 Å². The van der Waals surface area contributed by atoms with Gasteiger partial charge in [-0.1, -0.05) is 0 Å². The number of nitrogen functional groups attached to an aromatic ring is 1. The van der Waals surface area contributed by atoms with Crippen molar-refractivity contribution in [2.45, 2.75) is 0 Å². The van der Waals surface area contributed by atoms with Crippen molar-refractivity contribution in [2.24, 2.45) is 5.73 Å². The van der Waals surface area contributed by atoms with Crippen LogP contribution in [0.3, 0.4) is 0 Å². The first kappa shape index (κ1) is 12.3. The van der Waals surface area contributed by atoms with Gasteiger partial charge in [-0.3, -0.25) is 0 Å². The Morgan fingerprint density at radius 2 is 1.94 bits per heavy atom. The summed E-state index contributed by atoms with van der Waals surface area (Å²) in [5.41, 5.74) is 12.7. The van der Waals surface area contributed by atoms with Crippen molar-refractivity contribution in [1.82, 2.24) is 4.90 Å². The average Bonchev–Trinajstić information content (AvgIpc) is 2.39. The number of hydrogen-bond donors (Lipinski definition) is 2. The van der Waals surface area contributed by atoms with Crippen molar-refractivity contribution >= 4 is 17.4 Å². The van der Waals surface area contributed by atoms with E-state index in [0.717, 1.165) is 18.8 Å². The number of ether oxygens (including phenoxy) is 1. The second kappa shape index (κ2) is 5.03. The Labute approximate surface area is 106 Å². The number of nitrogens with zero attached hydrogens (tertiary/aromatic N) is 2. The van der Waals surface area contributed by atoms with Gasteiger partial charge >= 0.3 is 6.03 Å². The lowest BCUT2D eigenvalue weighted by Gasteiger charge is -2.35. The van der Waals surface area contributed by atoms with Gasteiger partial charge in [-0.05, 0) is 12.1 Å². The van der Waals surface area contributed by atoms with Gasteiger partial charge in [0, 0.05) is 37.9 Å². The molecule has 1 aromatic carbocycles. The van der Waals surface area contributed by atoms with Crippen molar-refractivity contribution in [3.63, 3.8) is 0 Å². The quantitative estimate of drug-likeness (QED) is 0.748. The van der Waals surface area contributed by atoms with Crippen LogP contribution in [0.15, 0.2) is 18.2 Å². The fourth-order valence-electron chi connectivity index (χ4n) is 2.08. The molecule has 18 heavy (non-hydrogen) atoms. The number of benzene rings is 1. The zero-order chi connectivity index (χ0) is 13.1.